The lowest BCUT2D eigenvalue weighted by Crippen LogP contribution is -2.45. The molecule has 7 rings (SSSR count). The highest BCUT2D eigenvalue weighted by molar-refractivity contribution is 6.06. The summed E-state index contributed by atoms with van der Waals surface area (Å²) >= 11 is 0. The predicted octanol–water partition coefficient (Wildman–Crippen LogP) is 7.18. The minimum atomic E-state index is -4.63. The quantitative estimate of drug-likeness (QED) is 0.163. The third-order valence-electron chi connectivity index (χ3n) is 11.3. The first kappa shape index (κ1) is 38.3. The van der Waals surface area contributed by atoms with E-state index in [2.05, 4.69) is 44.6 Å². The average molecular weight is 760 g/mol. The molecule has 2 saturated heterocycles. The fraction of sp³-hybridized carbons (Fsp3) is 0.488. The van der Waals surface area contributed by atoms with Crippen molar-refractivity contribution in [2.45, 2.75) is 95.4 Å². The Kier molecular flexibility index (Phi) is 11.2. The average Bonchev–Trinajstić information content (AvgIpc) is 3.57. The van der Waals surface area contributed by atoms with Crippen LogP contribution in [-0.4, -0.2) is 75.8 Å². The van der Waals surface area contributed by atoms with Gasteiger partial charge in [0.1, 0.15) is 22.9 Å². The normalized spacial score (nSPS) is 21.3. The number of anilines is 2. The number of carbonyl (C=O) groups is 3. The third kappa shape index (κ3) is 8.95. The van der Waals surface area contributed by atoms with Gasteiger partial charge in [-0.05, 0) is 102 Å². The van der Waals surface area contributed by atoms with Gasteiger partial charge in [0, 0.05) is 62.2 Å². The second-order valence-corrected chi connectivity index (χ2v) is 15.5. The number of aromatic nitrogens is 3. The summed E-state index contributed by atoms with van der Waals surface area (Å²) in [5, 5.41) is 4.95. The summed E-state index contributed by atoms with van der Waals surface area (Å²) in [4.78, 5) is 50.6. The van der Waals surface area contributed by atoms with Crippen LogP contribution in [0.2, 0.25) is 0 Å². The van der Waals surface area contributed by atoms with Gasteiger partial charge >= 0.3 is 6.18 Å². The van der Waals surface area contributed by atoms with Crippen molar-refractivity contribution in [3.63, 3.8) is 0 Å². The molecular formula is C41H48F3N7O4. The number of nitrogens with one attached hydrogen (secondary N) is 2. The van der Waals surface area contributed by atoms with Crippen molar-refractivity contribution in [3.8, 4) is 5.75 Å². The predicted molar refractivity (Wildman–Crippen MR) is 202 cm³/mol. The number of pyridine rings is 2. The number of carbonyl (C=O) groups excluding carboxylic acids is 3. The van der Waals surface area contributed by atoms with E-state index in [1.807, 2.05) is 32.2 Å². The lowest BCUT2D eigenvalue weighted by Gasteiger charge is -2.40. The minimum Gasteiger partial charge on any atom is -0.490 e. The number of halogens is 3. The summed E-state index contributed by atoms with van der Waals surface area (Å²) in [6.45, 7) is 6.68. The molecule has 5 heterocycles. The first-order valence-corrected chi connectivity index (χ1v) is 19.2. The summed E-state index contributed by atoms with van der Waals surface area (Å²) in [6, 6.07) is 13.9. The van der Waals surface area contributed by atoms with Crippen molar-refractivity contribution >= 4 is 34.9 Å². The van der Waals surface area contributed by atoms with Crippen molar-refractivity contribution < 1.29 is 32.3 Å². The summed E-state index contributed by atoms with van der Waals surface area (Å²) in [5.74, 6) is -0.324. The maximum atomic E-state index is 13.4. The molecule has 55 heavy (non-hydrogen) atoms. The van der Waals surface area contributed by atoms with Crippen molar-refractivity contribution in [1.29, 1.82) is 0 Å². The molecule has 14 heteroatoms. The molecule has 2 N–H and O–H groups in total. The molecule has 292 valence electrons. The van der Waals surface area contributed by atoms with Crippen LogP contribution in [0.1, 0.15) is 104 Å². The molecule has 1 unspecified atom stereocenters. The first-order chi connectivity index (χ1) is 26.3. The van der Waals surface area contributed by atoms with Gasteiger partial charge in [-0.25, -0.2) is 9.97 Å². The number of hydrogen-bond acceptors (Lipinski definition) is 8. The third-order valence-corrected chi connectivity index (χ3v) is 11.3. The van der Waals surface area contributed by atoms with Crippen LogP contribution in [0.4, 0.5) is 24.7 Å². The van der Waals surface area contributed by atoms with Crippen LogP contribution in [0, 0.1) is 5.92 Å². The maximum absolute atomic E-state index is 13.4. The van der Waals surface area contributed by atoms with Gasteiger partial charge in [-0.1, -0.05) is 18.2 Å². The van der Waals surface area contributed by atoms with Crippen LogP contribution < -0.4 is 20.3 Å². The van der Waals surface area contributed by atoms with Gasteiger partial charge in [0.25, 0.3) is 5.91 Å². The molecule has 0 radical (unpaired) electrons. The molecule has 2 aliphatic heterocycles. The Labute approximate surface area is 318 Å². The number of nitrogens with zero attached hydrogens (tertiary/aromatic N) is 5. The van der Waals surface area contributed by atoms with Crippen LogP contribution >= 0.6 is 0 Å². The van der Waals surface area contributed by atoms with E-state index in [1.165, 1.54) is 12.1 Å². The molecule has 4 aromatic rings. The summed E-state index contributed by atoms with van der Waals surface area (Å²) < 4.78 is 47.4. The molecule has 1 saturated carbocycles. The summed E-state index contributed by atoms with van der Waals surface area (Å²) in [5.41, 5.74) is 2.80. The van der Waals surface area contributed by atoms with Crippen LogP contribution in [-0.2, 0) is 15.8 Å². The Balaban J connectivity index is 0.921. The lowest BCUT2D eigenvalue weighted by molar-refractivity contribution is -0.141. The number of benzene rings is 1. The highest BCUT2D eigenvalue weighted by Crippen LogP contribution is 2.37. The second-order valence-electron chi connectivity index (χ2n) is 15.5. The van der Waals surface area contributed by atoms with E-state index < -0.39 is 17.8 Å². The molecule has 1 atom stereocenters. The molecule has 1 aromatic carbocycles. The number of imidazole rings is 1. The molecule has 0 bridgehead atoms. The number of rotatable bonds is 10. The lowest BCUT2D eigenvalue weighted by atomic mass is 9.80. The first-order valence-electron chi connectivity index (χ1n) is 19.2. The Hall–Kier alpha value is -4.98. The summed E-state index contributed by atoms with van der Waals surface area (Å²) in [7, 11) is 2.25. The van der Waals surface area contributed by atoms with Crippen LogP contribution in [0.3, 0.4) is 0 Å². The van der Waals surface area contributed by atoms with E-state index in [0.717, 1.165) is 81.2 Å². The molecule has 3 aliphatic rings. The van der Waals surface area contributed by atoms with Crippen molar-refractivity contribution in [2.24, 2.45) is 5.92 Å². The van der Waals surface area contributed by atoms with E-state index in [4.69, 9.17) is 9.72 Å². The Morgan fingerprint density at radius 3 is 2.38 bits per heavy atom. The standard InChI is InChI=1S/C41H48F3N7O4/c1-25(2)55-34-21-37-45-33(24-51(37)23-32(34)40(54)47-36-6-4-5-35(46-36)41(42,43)44)28-9-7-26(8-10-28)22-49(3)29-17-19-50(20-18-29)30-13-11-27(12-14-30)31-15-16-38(52)48-39(31)53/h4-6,11-14,21,23-26,28-29,31H,7-10,15-20,22H2,1-3H3,(H,46,47,54)(H,48,52,53). The molecule has 0 spiro atoms. The van der Waals surface area contributed by atoms with Crippen molar-refractivity contribution in [1.82, 2.24) is 24.6 Å². The molecule has 3 amide bonds. The van der Waals surface area contributed by atoms with Gasteiger partial charge in [0.15, 0.2) is 0 Å². The van der Waals surface area contributed by atoms with Gasteiger partial charge in [-0.3, -0.25) is 19.7 Å². The van der Waals surface area contributed by atoms with Gasteiger partial charge in [-0.2, -0.15) is 13.2 Å². The highest BCUT2D eigenvalue weighted by atomic mass is 19.4. The van der Waals surface area contributed by atoms with Gasteiger partial charge in [0.05, 0.1) is 23.3 Å². The van der Waals surface area contributed by atoms with E-state index in [-0.39, 0.29) is 41.1 Å². The zero-order chi connectivity index (χ0) is 38.9. The Bertz CT molecular complexity index is 2020. The molecular weight excluding hydrogens is 711 g/mol. The van der Waals surface area contributed by atoms with E-state index in [9.17, 15) is 27.6 Å². The largest absolute Gasteiger partial charge is 0.490 e. The van der Waals surface area contributed by atoms with Crippen LogP contribution in [0.5, 0.6) is 5.75 Å². The van der Waals surface area contributed by atoms with Gasteiger partial charge in [-0.15, -0.1) is 0 Å². The maximum Gasteiger partial charge on any atom is 0.433 e. The minimum absolute atomic E-state index is 0.171. The molecule has 3 fully saturated rings. The van der Waals surface area contributed by atoms with Gasteiger partial charge < -0.3 is 24.3 Å². The van der Waals surface area contributed by atoms with Crippen LogP contribution in [0.15, 0.2) is 60.9 Å². The molecule has 11 nitrogen and oxygen atoms in total. The zero-order valence-corrected chi connectivity index (χ0v) is 31.4. The van der Waals surface area contributed by atoms with Gasteiger partial charge in [0.2, 0.25) is 11.8 Å². The zero-order valence-electron chi connectivity index (χ0n) is 31.4. The van der Waals surface area contributed by atoms with Crippen molar-refractivity contribution in [2.75, 3.05) is 36.9 Å². The van der Waals surface area contributed by atoms with E-state index in [0.29, 0.717) is 36.2 Å². The Morgan fingerprint density at radius 1 is 0.982 bits per heavy atom. The second kappa shape index (κ2) is 16.0. The number of fused-ring (bicyclic) bond motifs is 1. The highest BCUT2D eigenvalue weighted by Gasteiger charge is 2.33. The number of piperidine rings is 2. The van der Waals surface area contributed by atoms with Crippen LogP contribution in [0.25, 0.3) is 5.65 Å². The smallest absolute Gasteiger partial charge is 0.433 e. The number of ether oxygens (including phenoxy) is 1. The molecule has 1 aliphatic carbocycles. The van der Waals surface area contributed by atoms with E-state index >= 15 is 0 Å². The van der Waals surface area contributed by atoms with E-state index in [1.54, 1.807) is 16.7 Å². The topological polar surface area (TPSA) is 121 Å². The fourth-order valence-corrected chi connectivity index (χ4v) is 8.29. The fourth-order valence-electron chi connectivity index (χ4n) is 8.29. The number of amides is 3. The number of imide groups is 1. The Morgan fingerprint density at radius 2 is 1.71 bits per heavy atom. The molecule has 3 aromatic heterocycles. The number of hydrogen-bond donors (Lipinski definition) is 2. The monoisotopic (exact) mass is 759 g/mol. The SMILES string of the molecule is CC(C)Oc1cc2nc(C3CCC(CN(C)C4CCN(c5ccc(C6CCC(=O)NC6=O)cc5)CC4)CC3)cn2cc1C(=O)Nc1cccc(C(F)(F)F)n1. The number of alkyl halides is 3. The van der Waals surface area contributed by atoms with Crippen molar-refractivity contribution in [3.05, 3.63) is 83.4 Å². The summed E-state index contributed by atoms with van der Waals surface area (Å²) in [6.07, 6.45) is 6.01.